The largest absolute Gasteiger partial charge is 0.462 e. The monoisotopic (exact) mass is 807 g/mol. The molecule has 0 unspecified atom stereocenters. The average molecular weight is 808 g/mol. The van der Waals surface area contributed by atoms with Crippen molar-refractivity contribution < 1.29 is 53.4 Å². The summed E-state index contributed by atoms with van der Waals surface area (Å²) in [5.41, 5.74) is 2.43. The molecule has 318 valence electrons. The van der Waals surface area contributed by atoms with Gasteiger partial charge in [-0.2, -0.15) is 0 Å². The van der Waals surface area contributed by atoms with E-state index in [9.17, 15) is 34.5 Å². The van der Waals surface area contributed by atoms with Gasteiger partial charge in [-0.1, -0.05) is 68.8 Å². The minimum absolute atomic E-state index is 0.0318. The van der Waals surface area contributed by atoms with Crippen LogP contribution in [0.15, 0.2) is 66.4 Å². The number of ketones is 1. The Morgan fingerprint density at radius 2 is 1.83 bits per heavy atom. The van der Waals surface area contributed by atoms with Gasteiger partial charge in [0.05, 0.1) is 42.4 Å². The van der Waals surface area contributed by atoms with E-state index in [0.29, 0.717) is 18.3 Å². The van der Waals surface area contributed by atoms with Gasteiger partial charge in [-0.15, -0.1) is 0 Å². The number of cyclic esters (lactones) is 1. The van der Waals surface area contributed by atoms with Crippen LogP contribution in [0.1, 0.15) is 65.9 Å². The predicted molar refractivity (Wildman–Crippen MR) is 218 cm³/mol. The molecule has 12 atom stereocenters. The van der Waals surface area contributed by atoms with Gasteiger partial charge >= 0.3 is 12.1 Å². The van der Waals surface area contributed by atoms with Crippen molar-refractivity contribution in [1.29, 1.82) is 0 Å². The fraction of sp³-hybridized carbons (Fsp3) is 0.568. The zero-order valence-electron chi connectivity index (χ0n) is 34.6. The van der Waals surface area contributed by atoms with Crippen molar-refractivity contribution in [2.75, 3.05) is 27.2 Å². The van der Waals surface area contributed by atoms with Gasteiger partial charge in [0.1, 0.15) is 25.1 Å². The fourth-order valence-electron chi connectivity index (χ4n) is 7.65. The van der Waals surface area contributed by atoms with Crippen LogP contribution in [0.25, 0.3) is 17.0 Å². The molecule has 2 aliphatic heterocycles. The maximum atomic E-state index is 13.5. The summed E-state index contributed by atoms with van der Waals surface area (Å²) in [7, 11) is 3.42. The number of fused-ring (bicyclic) bond motifs is 1. The van der Waals surface area contributed by atoms with Crippen LogP contribution in [-0.2, 0) is 33.3 Å². The first-order valence-electron chi connectivity index (χ1n) is 20.1. The second kappa shape index (κ2) is 22.2. The number of pyridine rings is 1. The molecule has 2 aliphatic rings. The van der Waals surface area contributed by atoms with Crippen LogP contribution in [0.4, 0.5) is 4.79 Å². The predicted octanol–water partition coefficient (Wildman–Crippen LogP) is 4.40. The number of carbonyl (C=O) groups excluding carboxylic acids is 4. The zero-order chi connectivity index (χ0) is 42.5. The molecule has 0 spiro atoms. The molecule has 1 amide bonds. The Hall–Kier alpha value is -4.31. The lowest BCUT2D eigenvalue weighted by atomic mass is 9.79. The number of esters is 1. The zero-order valence-corrected chi connectivity index (χ0v) is 34.6. The molecule has 1 aromatic heterocycles. The van der Waals surface area contributed by atoms with Gasteiger partial charge in [0.15, 0.2) is 12.1 Å². The van der Waals surface area contributed by atoms with E-state index in [1.165, 1.54) is 6.08 Å². The van der Waals surface area contributed by atoms with Gasteiger partial charge in [-0.25, -0.2) is 4.79 Å². The highest BCUT2D eigenvalue weighted by Crippen LogP contribution is 2.34. The molecular weight excluding hydrogens is 746 g/mol. The molecular formula is C44H61N3O11. The minimum atomic E-state index is -1.33. The lowest BCUT2D eigenvalue weighted by Crippen LogP contribution is -2.63. The Balaban J connectivity index is 1.51. The van der Waals surface area contributed by atoms with E-state index in [2.05, 4.69) is 10.3 Å². The Bertz CT molecular complexity index is 1780. The summed E-state index contributed by atoms with van der Waals surface area (Å²) in [5, 5.41) is 37.3. The van der Waals surface area contributed by atoms with E-state index < -0.39 is 91.1 Å². The number of amides is 1. The van der Waals surface area contributed by atoms with E-state index >= 15 is 0 Å². The highest BCUT2D eigenvalue weighted by molar-refractivity contribution is 5.91. The highest BCUT2D eigenvalue weighted by Gasteiger charge is 2.47. The van der Waals surface area contributed by atoms with Crippen molar-refractivity contribution in [3.63, 3.8) is 0 Å². The SMILES string of the molecule is CC[C@H]1OC(=O)C[C@@H](O)[C@H](C)[C@@H](O[C@@H]2O[C@H](C)[C@@H](O)[C@H](N(C)C)[C@H]2O)[C@@H](CC=O)C[C@@H](C)C(=O)/C=C/C(C)=C/[C@@H]1COC(=O)NC/C=C/c1cnc2ccccc2c1. The van der Waals surface area contributed by atoms with E-state index in [1.54, 1.807) is 71.1 Å². The highest BCUT2D eigenvalue weighted by atomic mass is 16.7. The summed E-state index contributed by atoms with van der Waals surface area (Å²) < 4.78 is 23.9. The number of hydrogen-bond acceptors (Lipinski definition) is 13. The van der Waals surface area contributed by atoms with Gasteiger partial charge in [0.25, 0.3) is 0 Å². The minimum Gasteiger partial charge on any atom is -0.462 e. The van der Waals surface area contributed by atoms with Crippen molar-refractivity contribution in [2.45, 2.75) is 109 Å². The number of ether oxygens (including phenoxy) is 4. The van der Waals surface area contributed by atoms with E-state index in [1.807, 2.05) is 43.3 Å². The van der Waals surface area contributed by atoms with Gasteiger partial charge < -0.3 is 49.3 Å². The number of aromatic nitrogens is 1. The van der Waals surface area contributed by atoms with Crippen molar-refractivity contribution in [3.8, 4) is 0 Å². The first-order valence-corrected chi connectivity index (χ1v) is 20.1. The van der Waals surface area contributed by atoms with Crippen LogP contribution in [-0.4, -0.2) is 126 Å². The summed E-state index contributed by atoms with van der Waals surface area (Å²) in [4.78, 5) is 57.9. The first-order chi connectivity index (χ1) is 27.6. The third kappa shape index (κ3) is 12.8. The Morgan fingerprint density at radius 3 is 2.53 bits per heavy atom. The lowest BCUT2D eigenvalue weighted by molar-refractivity contribution is -0.304. The molecule has 14 heteroatoms. The molecule has 0 aliphatic carbocycles. The normalized spacial score (nSPS) is 33.3. The first kappa shape index (κ1) is 46.4. The number of hydrogen-bond donors (Lipinski definition) is 4. The maximum absolute atomic E-state index is 13.5. The third-order valence-electron chi connectivity index (χ3n) is 11.0. The fourth-order valence-corrected chi connectivity index (χ4v) is 7.65. The Kier molecular flexibility index (Phi) is 17.7. The van der Waals surface area contributed by atoms with Crippen LogP contribution < -0.4 is 5.32 Å². The van der Waals surface area contributed by atoms with Gasteiger partial charge in [-0.3, -0.25) is 14.6 Å². The summed E-state index contributed by atoms with van der Waals surface area (Å²) >= 11 is 0. The Labute approximate surface area is 341 Å². The number of allylic oxidation sites excluding steroid dienone is 3. The number of nitrogens with one attached hydrogen (secondary N) is 1. The Morgan fingerprint density at radius 1 is 1.09 bits per heavy atom. The average Bonchev–Trinajstić information content (AvgIpc) is 3.19. The van der Waals surface area contributed by atoms with E-state index in [4.69, 9.17) is 18.9 Å². The van der Waals surface area contributed by atoms with Crippen molar-refractivity contribution in [3.05, 3.63) is 72.0 Å². The van der Waals surface area contributed by atoms with E-state index in [0.717, 1.165) is 16.5 Å². The number of para-hydroxylation sites is 1. The number of alkyl carbamates (subject to hydrolysis) is 1. The standard InChI is InChI=1S/C44H61N3O11/c1-8-37-33(25-55-44(54)45-18-11-12-30-22-31-13-9-10-14-34(31)46-24-30)20-26(2)15-16-35(49)27(3)21-32(17-19-48)42(28(4)36(50)23-38(51)57-37)58-43-41(53)39(47(6)7)40(52)29(5)56-43/h9-16,19-20,22,24,27-29,32-33,36-37,39-43,50,52-53H,8,17-18,21,23,25H2,1-7H3,(H,45,54)/b12-11+,16-15+,26-20+/t27-,28+,29-,32+,33-,36-,37-,39+,40-,41-,42-,43+/m1/s1. The molecule has 1 fully saturated rings. The van der Waals surface area contributed by atoms with Gasteiger partial charge in [0.2, 0.25) is 0 Å². The number of likely N-dealkylation sites (N-methyl/N-ethyl adjacent to an activating group) is 1. The molecule has 0 bridgehead atoms. The lowest BCUT2D eigenvalue weighted by Gasteiger charge is -2.46. The number of carbonyl (C=O) groups is 4. The topological polar surface area (TPSA) is 194 Å². The summed E-state index contributed by atoms with van der Waals surface area (Å²) in [6.07, 6.45) is 3.01. The second-order valence-corrected chi connectivity index (χ2v) is 15.8. The van der Waals surface area contributed by atoms with Crippen LogP contribution in [0.5, 0.6) is 0 Å². The van der Waals surface area contributed by atoms with Crippen molar-refractivity contribution in [1.82, 2.24) is 15.2 Å². The number of aliphatic hydroxyl groups is 3. The van der Waals surface area contributed by atoms with Crippen LogP contribution in [0.2, 0.25) is 0 Å². The number of rotatable bonds is 11. The number of nitrogens with zero attached hydrogens (tertiary/aromatic N) is 2. The molecule has 0 saturated carbocycles. The van der Waals surface area contributed by atoms with Gasteiger partial charge in [-0.05, 0) is 70.5 Å². The van der Waals surface area contributed by atoms with Crippen molar-refractivity contribution in [2.24, 2.45) is 23.7 Å². The van der Waals surface area contributed by atoms with Crippen LogP contribution >= 0.6 is 0 Å². The quantitative estimate of drug-likeness (QED) is 0.185. The summed E-state index contributed by atoms with van der Waals surface area (Å²) in [5.74, 6) is -3.51. The van der Waals surface area contributed by atoms with Gasteiger partial charge in [0, 0.05) is 42.3 Å². The molecule has 1 saturated heterocycles. The molecule has 14 nitrogen and oxygen atoms in total. The molecule has 58 heavy (non-hydrogen) atoms. The molecule has 3 heterocycles. The third-order valence-corrected chi connectivity index (χ3v) is 11.0. The number of benzene rings is 1. The molecule has 1 aromatic carbocycles. The van der Waals surface area contributed by atoms with Crippen molar-refractivity contribution >= 4 is 41.1 Å². The molecule has 4 rings (SSSR count). The molecule has 2 aromatic rings. The maximum Gasteiger partial charge on any atom is 0.407 e. The number of aliphatic hydroxyl groups excluding tert-OH is 3. The summed E-state index contributed by atoms with van der Waals surface area (Å²) in [6, 6.07) is 9.03. The van der Waals surface area contributed by atoms with Crippen LogP contribution in [0, 0.1) is 23.7 Å². The molecule has 0 radical (unpaired) electrons. The number of aldehydes is 1. The van der Waals surface area contributed by atoms with E-state index in [-0.39, 0.29) is 31.8 Å². The smallest absolute Gasteiger partial charge is 0.407 e. The van der Waals surface area contributed by atoms with Crippen LogP contribution in [0.3, 0.4) is 0 Å². The second-order valence-electron chi connectivity index (χ2n) is 15.8. The molecule has 4 N–H and O–H groups in total. The summed E-state index contributed by atoms with van der Waals surface area (Å²) in [6.45, 7) is 8.72.